The Morgan fingerprint density at radius 2 is 1.81 bits per heavy atom. The highest BCUT2D eigenvalue weighted by atomic mass is 32.2. The van der Waals surface area contributed by atoms with E-state index >= 15 is 0 Å². The van der Waals surface area contributed by atoms with E-state index in [2.05, 4.69) is 66.8 Å². The Bertz CT molecular complexity index is 700. The first-order valence-corrected chi connectivity index (χ1v) is 10.1. The standard InChI is InChI=1S/C20H27N3O2S/c1-5-22(6-2)17-9-7-16(8-10-17)11-18-19(24)21-20(26-18)23-12-14(3)25-15(4)13-23/h7-11,14-15H,5-6,12-13H2,1-4H3/b18-11+/t14-,15+. The maximum atomic E-state index is 12.3. The zero-order chi connectivity index (χ0) is 18.7. The van der Waals surface area contributed by atoms with Gasteiger partial charge in [0, 0.05) is 31.9 Å². The molecule has 6 heteroatoms. The highest BCUT2D eigenvalue weighted by molar-refractivity contribution is 8.18. The van der Waals surface area contributed by atoms with Gasteiger partial charge in [-0.2, -0.15) is 4.99 Å². The molecule has 1 aromatic carbocycles. The predicted octanol–water partition coefficient (Wildman–Crippen LogP) is 3.61. The van der Waals surface area contributed by atoms with Crippen molar-refractivity contribution in [1.82, 2.24) is 4.90 Å². The number of rotatable bonds is 4. The van der Waals surface area contributed by atoms with Crippen molar-refractivity contribution in [3.8, 4) is 0 Å². The molecule has 0 bridgehead atoms. The van der Waals surface area contributed by atoms with Crippen LogP contribution in [0, 0.1) is 0 Å². The van der Waals surface area contributed by atoms with E-state index in [9.17, 15) is 4.79 Å². The van der Waals surface area contributed by atoms with Crippen molar-refractivity contribution in [3.05, 3.63) is 34.7 Å². The molecule has 2 aliphatic rings. The lowest BCUT2D eigenvalue weighted by Crippen LogP contribution is -2.47. The van der Waals surface area contributed by atoms with E-state index in [0.29, 0.717) is 4.91 Å². The average molecular weight is 374 g/mol. The highest BCUT2D eigenvalue weighted by Gasteiger charge is 2.30. The summed E-state index contributed by atoms with van der Waals surface area (Å²) in [6.07, 6.45) is 2.23. The number of amides is 1. The largest absolute Gasteiger partial charge is 0.372 e. The number of thioether (sulfide) groups is 1. The molecular formula is C20H27N3O2S. The molecule has 0 saturated carbocycles. The Labute approximate surface area is 160 Å². The van der Waals surface area contributed by atoms with Crippen molar-refractivity contribution in [1.29, 1.82) is 0 Å². The third kappa shape index (κ3) is 4.30. The summed E-state index contributed by atoms with van der Waals surface area (Å²) in [6, 6.07) is 8.34. The number of carbonyl (C=O) groups is 1. The fourth-order valence-corrected chi connectivity index (χ4v) is 4.32. The molecule has 2 aliphatic heterocycles. The van der Waals surface area contributed by atoms with Gasteiger partial charge in [0.1, 0.15) is 0 Å². The topological polar surface area (TPSA) is 45.1 Å². The van der Waals surface area contributed by atoms with Crippen LogP contribution in [0.15, 0.2) is 34.2 Å². The smallest absolute Gasteiger partial charge is 0.286 e. The Kier molecular flexibility index (Phi) is 6.04. The molecule has 0 radical (unpaired) electrons. The van der Waals surface area contributed by atoms with Gasteiger partial charge in [-0.1, -0.05) is 12.1 Å². The molecule has 0 aromatic heterocycles. The molecule has 5 nitrogen and oxygen atoms in total. The molecule has 0 spiro atoms. The van der Waals surface area contributed by atoms with Crippen molar-refractivity contribution >= 4 is 34.6 Å². The molecule has 1 aromatic rings. The van der Waals surface area contributed by atoms with Gasteiger partial charge in [0.15, 0.2) is 5.17 Å². The van der Waals surface area contributed by atoms with Crippen molar-refractivity contribution in [3.63, 3.8) is 0 Å². The van der Waals surface area contributed by atoms with Gasteiger partial charge in [-0.05, 0) is 63.2 Å². The molecule has 1 fully saturated rings. The first-order chi connectivity index (χ1) is 12.5. The van der Waals surface area contributed by atoms with Crippen LogP contribution in [-0.4, -0.2) is 54.4 Å². The lowest BCUT2D eigenvalue weighted by Gasteiger charge is -2.35. The number of hydrogen-bond acceptors (Lipinski definition) is 5. The van der Waals surface area contributed by atoms with Crippen LogP contribution >= 0.6 is 11.8 Å². The van der Waals surface area contributed by atoms with E-state index in [1.165, 1.54) is 17.4 Å². The lowest BCUT2D eigenvalue weighted by atomic mass is 10.2. The Morgan fingerprint density at radius 3 is 2.38 bits per heavy atom. The lowest BCUT2D eigenvalue weighted by molar-refractivity contribution is -0.113. The summed E-state index contributed by atoms with van der Waals surface area (Å²) in [5.74, 6) is -0.149. The number of anilines is 1. The molecule has 2 atom stereocenters. The molecule has 1 amide bonds. The van der Waals surface area contributed by atoms with Crippen LogP contribution in [0.25, 0.3) is 6.08 Å². The molecule has 0 aliphatic carbocycles. The summed E-state index contributed by atoms with van der Waals surface area (Å²) in [5, 5.41) is 0.794. The molecule has 0 unspecified atom stereocenters. The minimum atomic E-state index is -0.149. The van der Waals surface area contributed by atoms with Crippen LogP contribution < -0.4 is 4.90 Å². The Hall–Kier alpha value is -1.79. The van der Waals surface area contributed by atoms with Gasteiger partial charge < -0.3 is 14.5 Å². The van der Waals surface area contributed by atoms with Gasteiger partial charge in [0.2, 0.25) is 0 Å². The van der Waals surface area contributed by atoms with Crippen LogP contribution in [0.3, 0.4) is 0 Å². The highest BCUT2D eigenvalue weighted by Crippen LogP contribution is 2.31. The van der Waals surface area contributed by atoms with Crippen LogP contribution in [0.1, 0.15) is 33.3 Å². The fraction of sp³-hybridized carbons (Fsp3) is 0.500. The molecule has 0 N–H and O–H groups in total. The first kappa shape index (κ1) is 19.0. The molecule has 3 rings (SSSR count). The summed E-state index contributed by atoms with van der Waals surface area (Å²) in [7, 11) is 0. The normalized spacial score (nSPS) is 24.9. The quantitative estimate of drug-likeness (QED) is 0.755. The molecule has 1 saturated heterocycles. The number of morpholine rings is 1. The Morgan fingerprint density at radius 1 is 1.19 bits per heavy atom. The van der Waals surface area contributed by atoms with E-state index in [1.54, 1.807) is 0 Å². The predicted molar refractivity (Wildman–Crippen MR) is 110 cm³/mol. The van der Waals surface area contributed by atoms with Gasteiger partial charge in [-0.15, -0.1) is 0 Å². The van der Waals surface area contributed by atoms with Gasteiger partial charge in [-0.3, -0.25) is 4.79 Å². The van der Waals surface area contributed by atoms with Crippen molar-refractivity contribution < 1.29 is 9.53 Å². The van der Waals surface area contributed by atoms with E-state index in [4.69, 9.17) is 4.74 Å². The monoisotopic (exact) mass is 373 g/mol. The summed E-state index contributed by atoms with van der Waals surface area (Å²) < 4.78 is 5.76. The number of amidine groups is 1. The van der Waals surface area contributed by atoms with E-state index in [-0.39, 0.29) is 18.1 Å². The molecule has 26 heavy (non-hydrogen) atoms. The zero-order valence-electron chi connectivity index (χ0n) is 15.9. The van der Waals surface area contributed by atoms with E-state index in [0.717, 1.165) is 36.9 Å². The number of carbonyl (C=O) groups excluding carboxylic acids is 1. The third-order valence-corrected chi connectivity index (χ3v) is 5.66. The third-order valence-electron chi connectivity index (χ3n) is 4.62. The maximum Gasteiger partial charge on any atom is 0.286 e. The molecule has 2 heterocycles. The van der Waals surface area contributed by atoms with E-state index in [1.807, 2.05) is 6.08 Å². The van der Waals surface area contributed by atoms with Crippen LogP contribution in [0.5, 0.6) is 0 Å². The van der Waals surface area contributed by atoms with Crippen molar-refractivity contribution in [2.24, 2.45) is 4.99 Å². The van der Waals surface area contributed by atoms with E-state index < -0.39 is 0 Å². The minimum absolute atomic E-state index is 0.149. The number of hydrogen-bond donors (Lipinski definition) is 0. The molecular weight excluding hydrogens is 346 g/mol. The maximum absolute atomic E-state index is 12.3. The second-order valence-corrected chi connectivity index (χ2v) is 7.75. The Balaban J connectivity index is 1.70. The number of ether oxygens (including phenoxy) is 1. The van der Waals surface area contributed by atoms with Crippen LogP contribution in [0.2, 0.25) is 0 Å². The minimum Gasteiger partial charge on any atom is -0.372 e. The second kappa shape index (κ2) is 8.27. The summed E-state index contributed by atoms with van der Waals surface area (Å²) in [6.45, 7) is 11.9. The molecule has 140 valence electrons. The zero-order valence-corrected chi connectivity index (χ0v) is 16.8. The second-order valence-electron chi connectivity index (χ2n) is 6.74. The van der Waals surface area contributed by atoms with Gasteiger partial charge in [0.25, 0.3) is 5.91 Å². The van der Waals surface area contributed by atoms with Gasteiger partial charge in [0.05, 0.1) is 17.1 Å². The fourth-order valence-electron chi connectivity index (χ4n) is 3.39. The number of benzene rings is 1. The first-order valence-electron chi connectivity index (χ1n) is 9.28. The number of nitrogens with zero attached hydrogens (tertiary/aromatic N) is 3. The van der Waals surface area contributed by atoms with Gasteiger partial charge >= 0.3 is 0 Å². The summed E-state index contributed by atoms with van der Waals surface area (Å²) in [5.41, 5.74) is 2.23. The van der Waals surface area contributed by atoms with Gasteiger partial charge in [-0.25, -0.2) is 0 Å². The van der Waals surface area contributed by atoms with Crippen LogP contribution in [0.4, 0.5) is 5.69 Å². The SMILES string of the molecule is CCN(CC)c1ccc(/C=C2/SC(N3C[C@@H](C)O[C@@H](C)C3)=NC2=O)cc1. The average Bonchev–Trinajstić information content (AvgIpc) is 2.97. The van der Waals surface area contributed by atoms with Crippen molar-refractivity contribution in [2.45, 2.75) is 39.9 Å². The summed E-state index contributed by atoms with van der Waals surface area (Å²) in [4.78, 5) is 21.7. The van der Waals surface area contributed by atoms with Crippen LogP contribution in [-0.2, 0) is 9.53 Å². The summed E-state index contributed by atoms with van der Waals surface area (Å²) >= 11 is 1.47. The number of aliphatic imine (C=N–C) groups is 1. The van der Waals surface area contributed by atoms with Crippen molar-refractivity contribution in [2.75, 3.05) is 31.1 Å².